The normalized spacial score (nSPS) is 12.0. The highest BCUT2D eigenvalue weighted by Gasteiger charge is 2.20. The first-order valence-corrected chi connectivity index (χ1v) is 2.37. The maximum absolute atomic E-state index is 11.7. The highest BCUT2D eigenvalue weighted by Crippen LogP contribution is 2.09. The SMILES string of the molecule is [CH2]C(F)(F)COCC. The molecule has 0 rings (SSSR count). The topological polar surface area (TPSA) is 9.23 Å². The van der Waals surface area contributed by atoms with Crippen molar-refractivity contribution in [2.45, 2.75) is 12.8 Å². The Morgan fingerprint density at radius 2 is 2.12 bits per heavy atom. The molecule has 0 spiro atoms. The molecule has 0 fully saturated rings. The largest absolute Gasteiger partial charge is 0.375 e. The van der Waals surface area contributed by atoms with Gasteiger partial charge in [0.25, 0.3) is 5.92 Å². The van der Waals surface area contributed by atoms with E-state index >= 15 is 0 Å². The maximum Gasteiger partial charge on any atom is 0.271 e. The summed E-state index contributed by atoms with van der Waals surface area (Å²) in [6, 6.07) is 0. The summed E-state index contributed by atoms with van der Waals surface area (Å²) in [7, 11) is 0. The number of hydrogen-bond acceptors (Lipinski definition) is 1. The molecule has 0 amide bonds. The zero-order valence-corrected chi connectivity index (χ0v) is 4.79. The standard InChI is InChI=1S/C5H9F2O/c1-3-8-4-5(2,6)7/h2-4H2,1H3. The minimum atomic E-state index is -2.92. The number of hydrogen-bond donors (Lipinski definition) is 0. The van der Waals surface area contributed by atoms with Gasteiger partial charge in [-0.05, 0) is 6.92 Å². The Labute approximate surface area is 47.6 Å². The second-order valence-electron chi connectivity index (χ2n) is 1.49. The smallest absolute Gasteiger partial charge is 0.271 e. The molecule has 3 heteroatoms. The van der Waals surface area contributed by atoms with Crippen LogP contribution in [0.1, 0.15) is 6.92 Å². The van der Waals surface area contributed by atoms with Gasteiger partial charge in [-0.1, -0.05) is 0 Å². The van der Waals surface area contributed by atoms with Crippen LogP contribution in [0.3, 0.4) is 0 Å². The molecule has 1 nitrogen and oxygen atoms in total. The summed E-state index contributed by atoms with van der Waals surface area (Å²) in [6.07, 6.45) is 0. The van der Waals surface area contributed by atoms with Gasteiger partial charge < -0.3 is 4.74 Å². The van der Waals surface area contributed by atoms with E-state index in [1.807, 2.05) is 0 Å². The van der Waals surface area contributed by atoms with E-state index in [-0.39, 0.29) is 0 Å². The van der Waals surface area contributed by atoms with E-state index in [4.69, 9.17) is 0 Å². The zero-order chi connectivity index (χ0) is 6.62. The van der Waals surface area contributed by atoms with Crippen LogP contribution in [0.5, 0.6) is 0 Å². The van der Waals surface area contributed by atoms with E-state index in [9.17, 15) is 8.78 Å². The predicted octanol–water partition coefficient (Wildman–Crippen LogP) is 1.49. The van der Waals surface area contributed by atoms with Crippen LogP contribution in [-0.4, -0.2) is 19.1 Å². The molecule has 0 N–H and O–H groups in total. The van der Waals surface area contributed by atoms with Gasteiger partial charge in [0.15, 0.2) is 0 Å². The molecular weight excluding hydrogens is 114 g/mol. The molecule has 8 heavy (non-hydrogen) atoms. The lowest BCUT2D eigenvalue weighted by atomic mass is 10.4. The van der Waals surface area contributed by atoms with Crippen molar-refractivity contribution in [3.05, 3.63) is 6.92 Å². The van der Waals surface area contributed by atoms with Crippen molar-refractivity contribution in [3.8, 4) is 0 Å². The summed E-state index contributed by atoms with van der Waals surface area (Å²) in [5, 5.41) is 0. The maximum atomic E-state index is 11.7. The molecule has 1 radical (unpaired) electrons. The molecule has 49 valence electrons. The molecule has 0 aliphatic carbocycles. The van der Waals surface area contributed by atoms with Crippen LogP contribution in [0.2, 0.25) is 0 Å². The molecule has 0 aromatic carbocycles. The summed E-state index contributed by atoms with van der Waals surface area (Å²) >= 11 is 0. The quantitative estimate of drug-likeness (QED) is 0.552. The van der Waals surface area contributed by atoms with Crippen LogP contribution in [0, 0.1) is 6.92 Å². The van der Waals surface area contributed by atoms with E-state index in [2.05, 4.69) is 11.7 Å². The van der Waals surface area contributed by atoms with Gasteiger partial charge in [-0.15, -0.1) is 0 Å². The van der Waals surface area contributed by atoms with Crippen molar-refractivity contribution in [1.82, 2.24) is 0 Å². The molecule has 0 heterocycles. The van der Waals surface area contributed by atoms with Gasteiger partial charge in [0.05, 0.1) is 0 Å². The minimum Gasteiger partial charge on any atom is -0.375 e. The Balaban J connectivity index is 3.11. The van der Waals surface area contributed by atoms with E-state index in [1.54, 1.807) is 6.92 Å². The monoisotopic (exact) mass is 123 g/mol. The Morgan fingerprint density at radius 1 is 1.62 bits per heavy atom. The molecule has 0 aliphatic heterocycles. The second-order valence-corrected chi connectivity index (χ2v) is 1.49. The molecule has 0 bridgehead atoms. The van der Waals surface area contributed by atoms with Crippen LogP contribution < -0.4 is 0 Å². The summed E-state index contributed by atoms with van der Waals surface area (Å²) in [4.78, 5) is 0. The first kappa shape index (κ1) is 7.82. The van der Waals surface area contributed by atoms with Crippen molar-refractivity contribution in [2.24, 2.45) is 0 Å². The molecule has 0 atom stereocenters. The van der Waals surface area contributed by atoms with E-state index in [1.165, 1.54) is 0 Å². The summed E-state index contributed by atoms with van der Waals surface area (Å²) in [5.41, 5.74) is 0. The van der Waals surface area contributed by atoms with Gasteiger partial charge in [-0.3, -0.25) is 0 Å². The van der Waals surface area contributed by atoms with Gasteiger partial charge in [-0.2, -0.15) is 0 Å². The third-order valence-electron chi connectivity index (χ3n) is 0.517. The fourth-order valence-corrected chi connectivity index (χ4v) is 0.251. The number of rotatable bonds is 3. The second kappa shape index (κ2) is 2.97. The molecular formula is C5H9F2O. The Kier molecular flexibility index (Phi) is 2.90. The highest BCUT2D eigenvalue weighted by atomic mass is 19.3. The van der Waals surface area contributed by atoms with Crippen LogP contribution in [0.4, 0.5) is 8.78 Å². The van der Waals surface area contributed by atoms with Crippen LogP contribution >= 0.6 is 0 Å². The summed E-state index contributed by atoms with van der Waals surface area (Å²) in [5.74, 6) is -2.92. The molecule has 0 unspecified atom stereocenters. The first-order valence-electron chi connectivity index (χ1n) is 2.37. The molecule has 0 aromatic rings. The molecule has 0 aliphatic rings. The van der Waals surface area contributed by atoms with Gasteiger partial charge in [0.1, 0.15) is 6.61 Å². The van der Waals surface area contributed by atoms with E-state index in [0.29, 0.717) is 6.61 Å². The van der Waals surface area contributed by atoms with Gasteiger partial charge >= 0.3 is 0 Å². The van der Waals surface area contributed by atoms with Crippen molar-refractivity contribution < 1.29 is 13.5 Å². The average Bonchev–Trinajstić information content (AvgIpc) is 1.59. The first-order chi connectivity index (χ1) is 3.56. The molecule has 0 aromatic heterocycles. The van der Waals surface area contributed by atoms with Crippen molar-refractivity contribution >= 4 is 0 Å². The molecule has 0 saturated carbocycles. The Morgan fingerprint density at radius 3 is 2.25 bits per heavy atom. The van der Waals surface area contributed by atoms with Crippen molar-refractivity contribution in [2.75, 3.05) is 13.2 Å². The lowest BCUT2D eigenvalue weighted by Crippen LogP contribution is -2.18. The average molecular weight is 123 g/mol. The fraction of sp³-hybridized carbons (Fsp3) is 0.800. The minimum absolute atomic E-state index is 0.311. The third-order valence-corrected chi connectivity index (χ3v) is 0.517. The zero-order valence-electron chi connectivity index (χ0n) is 4.79. The summed E-state index contributed by atoms with van der Waals surface area (Å²) < 4.78 is 27.7. The third kappa shape index (κ3) is 5.82. The van der Waals surface area contributed by atoms with Crippen molar-refractivity contribution in [1.29, 1.82) is 0 Å². The van der Waals surface area contributed by atoms with Crippen LogP contribution in [0.15, 0.2) is 0 Å². The number of halogens is 2. The van der Waals surface area contributed by atoms with Crippen LogP contribution in [0.25, 0.3) is 0 Å². The Bertz CT molecular complexity index is 57.9. The Hall–Kier alpha value is -0.180. The number of alkyl halides is 2. The molecule has 0 saturated heterocycles. The lowest BCUT2D eigenvalue weighted by molar-refractivity contribution is -0.0389. The predicted molar refractivity (Wildman–Crippen MR) is 26.8 cm³/mol. The highest BCUT2D eigenvalue weighted by molar-refractivity contribution is 4.65. The van der Waals surface area contributed by atoms with E-state index in [0.717, 1.165) is 0 Å². The van der Waals surface area contributed by atoms with Crippen molar-refractivity contribution in [3.63, 3.8) is 0 Å². The van der Waals surface area contributed by atoms with Gasteiger partial charge in [0.2, 0.25) is 0 Å². The lowest BCUT2D eigenvalue weighted by Gasteiger charge is -2.07. The van der Waals surface area contributed by atoms with E-state index < -0.39 is 12.5 Å². The summed E-state index contributed by atoms with van der Waals surface area (Å²) in [6.45, 7) is 3.94. The van der Waals surface area contributed by atoms with Gasteiger partial charge in [0, 0.05) is 13.5 Å². The van der Waals surface area contributed by atoms with Gasteiger partial charge in [-0.25, -0.2) is 8.78 Å². The number of ether oxygens (including phenoxy) is 1. The fourth-order valence-electron chi connectivity index (χ4n) is 0.251. The van der Waals surface area contributed by atoms with Crippen LogP contribution in [-0.2, 0) is 4.74 Å².